The number of aromatic nitrogens is 3. The van der Waals surface area contributed by atoms with E-state index >= 15 is 0 Å². The monoisotopic (exact) mass is 538 g/mol. The van der Waals surface area contributed by atoms with Crippen LogP contribution < -0.4 is 4.72 Å². The van der Waals surface area contributed by atoms with Gasteiger partial charge >= 0.3 is 6.18 Å². The lowest BCUT2D eigenvalue weighted by Crippen LogP contribution is -2.19. The van der Waals surface area contributed by atoms with E-state index < -0.39 is 37.5 Å². The molecule has 0 amide bonds. The van der Waals surface area contributed by atoms with Gasteiger partial charge in [0.05, 0.1) is 27.8 Å². The van der Waals surface area contributed by atoms with Crippen molar-refractivity contribution in [2.24, 2.45) is 0 Å². The number of alkyl halides is 3. The maximum Gasteiger partial charge on any atom is 0.417 e. The quantitative estimate of drug-likeness (QED) is 0.316. The van der Waals surface area contributed by atoms with E-state index in [0.717, 1.165) is 12.1 Å². The Hall–Kier alpha value is -3.48. The lowest BCUT2D eigenvalue weighted by Gasteiger charge is -2.15. The van der Waals surface area contributed by atoms with Crippen molar-refractivity contribution >= 4 is 44.1 Å². The number of halogens is 4. The van der Waals surface area contributed by atoms with Gasteiger partial charge in [-0.15, -0.1) is 0 Å². The maximum absolute atomic E-state index is 13.6. The lowest BCUT2D eigenvalue weighted by atomic mass is 10.00. The van der Waals surface area contributed by atoms with Crippen LogP contribution in [0, 0.1) is 6.92 Å². The number of H-pyrrole nitrogens is 1. The number of nitrogens with one attached hydrogen (secondary N) is 2. The van der Waals surface area contributed by atoms with Gasteiger partial charge in [-0.3, -0.25) is 14.5 Å². The molecular weight excluding hydrogens is 521 g/mol. The van der Waals surface area contributed by atoms with Gasteiger partial charge in [0.25, 0.3) is 10.0 Å². The summed E-state index contributed by atoms with van der Waals surface area (Å²) in [5.41, 5.74) is -0.134. The van der Waals surface area contributed by atoms with Crippen LogP contribution in [0.15, 0.2) is 53.8 Å². The molecule has 0 fully saturated rings. The van der Waals surface area contributed by atoms with Crippen molar-refractivity contribution in [2.75, 3.05) is 11.8 Å². The van der Waals surface area contributed by atoms with Crippen LogP contribution in [0.3, 0.4) is 0 Å². The normalized spacial score (nSPS) is 12.2. The summed E-state index contributed by atoms with van der Waals surface area (Å²) in [6, 6.07) is 5.19. The maximum atomic E-state index is 13.6. The highest BCUT2D eigenvalue weighted by Gasteiger charge is 2.35. The number of benzene rings is 1. The molecule has 36 heavy (non-hydrogen) atoms. The Morgan fingerprint density at radius 3 is 2.61 bits per heavy atom. The molecule has 8 nitrogen and oxygen atoms in total. The molecule has 2 N–H and O–H groups in total. The van der Waals surface area contributed by atoms with E-state index in [1.54, 1.807) is 19.2 Å². The molecule has 0 unspecified atom stereocenters. The number of aryl methyl sites for hydroxylation is 1. The zero-order valence-corrected chi connectivity index (χ0v) is 20.3. The predicted octanol–water partition coefficient (Wildman–Crippen LogP) is 5.12. The van der Waals surface area contributed by atoms with Gasteiger partial charge in [0.15, 0.2) is 0 Å². The molecule has 0 bridgehead atoms. The van der Waals surface area contributed by atoms with E-state index in [0.29, 0.717) is 28.2 Å². The second-order valence-electron chi connectivity index (χ2n) is 7.80. The Bertz CT molecular complexity index is 1590. The Kier molecular flexibility index (Phi) is 6.78. The summed E-state index contributed by atoms with van der Waals surface area (Å²) in [5, 5.41) is -0.145. The fraction of sp³-hybridized carbons (Fsp3) is 0.174. The van der Waals surface area contributed by atoms with Crippen LogP contribution in [0.25, 0.3) is 11.0 Å². The zero-order valence-electron chi connectivity index (χ0n) is 18.8. The van der Waals surface area contributed by atoms with Crippen LogP contribution in [0.5, 0.6) is 0 Å². The molecule has 4 rings (SSSR count). The standard InChI is InChI=1S/C23H18ClF3N4O4S/c1-12-9-30-22-15(5-6-28-22)19(12)21(32)20-18(7-13(10-29-20)11-35-2)31-36(33,34)14-3-4-17(24)16(8-14)23(25,26)27/h3-10,31H,11H2,1-2H3,(H,28,30). The SMILES string of the molecule is COCc1cnc(C(=O)c2c(C)cnc3[nH]ccc23)c(NS(=O)(=O)c2ccc(Cl)c(C(F)(F)F)c2)c1. The van der Waals surface area contributed by atoms with E-state index in [1.165, 1.54) is 25.6 Å². The van der Waals surface area contributed by atoms with Crippen molar-refractivity contribution < 1.29 is 31.1 Å². The van der Waals surface area contributed by atoms with Crippen molar-refractivity contribution in [1.82, 2.24) is 15.0 Å². The number of rotatable bonds is 7. The number of anilines is 1. The molecule has 0 aliphatic rings. The molecule has 0 spiro atoms. The topological polar surface area (TPSA) is 114 Å². The molecule has 3 aromatic heterocycles. The second kappa shape index (κ2) is 9.52. The van der Waals surface area contributed by atoms with Crippen LogP contribution in [0.2, 0.25) is 5.02 Å². The highest BCUT2D eigenvalue weighted by molar-refractivity contribution is 7.92. The number of carbonyl (C=O) groups excluding carboxylic acids is 1. The first-order chi connectivity index (χ1) is 16.9. The smallest absolute Gasteiger partial charge is 0.380 e. The number of ether oxygens (including phenoxy) is 1. The Balaban J connectivity index is 1.83. The molecular formula is C23H18ClF3N4O4S. The third-order valence-corrected chi connectivity index (χ3v) is 6.96. The lowest BCUT2D eigenvalue weighted by molar-refractivity contribution is -0.137. The minimum Gasteiger partial charge on any atom is -0.380 e. The van der Waals surface area contributed by atoms with Crippen molar-refractivity contribution in [3.8, 4) is 0 Å². The van der Waals surface area contributed by atoms with Crippen molar-refractivity contribution in [2.45, 2.75) is 24.6 Å². The van der Waals surface area contributed by atoms with E-state index in [9.17, 15) is 26.4 Å². The average Bonchev–Trinajstić information content (AvgIpc) is 3.27. The van der Waals surface area contributed by atoms with Gasteiger partial charge in [0.1, 0.15) is 11.3 Å². The number of fused-ring (bicyclic) bond motifs is 1. The molecule has 4 aromatic rings. The Morgan fingerprint density at radius 2 is 1.92 bits per heavy atom. The summed E-state index contributed by atoms with van der Waals surface area (Å²) in [6.07, 6.45) is -0.430. The van der Waals surface area contributed by atoms with Crippen molar-refractivity contribution in [3.63, 3.8) is 0 Å². The van der Waals surface area contributed by atoms with Gasteiger partial charge in [-0.05, 0) is 48.4 Å². The molecule has 3 heterocycles. The molecule has 13 heteroatoms. The number of aromatic amines is 1. The molecule has 1 aromatic carbocycles. The number of pyridine rings is 2. The Morgan fingerprint density at radius 1 is 1.17 bits per heavy atom. The third-order valence-electron chi connectivity index (χ3n) is 5.27. The van der Waals surface area contributed by atoms with E-state index in [4.69, 9.17) is 16.3 Å². The van der Waals surface area contributed by atoms with Crippen LogP contribution in [-0.4, -0.2) is 36.3 Å². The molecule has 0 aliphatic carbocycles. The summed E-state index contributed by atoms with van der Waals surface area (Å²) in [7, 11) is -3.17. The molecule has 0 radical (unpaired) electrons. The minimum absolute atomic E-state index is 0.0473. The number of ketones is 1. The van der Waals surface area contributed by atoms with Crippen molar-refractivity contribution in [3.05, 3.63) is 81.9 Å². The van der Waals surface area contributed by atoms with Gasteiger partial charge in [-0.25, -0.2) is 13.4 Å². The third kappa shape index (κ3) is 4.92. The first kappa shape index (κ1) is 25.6. The Labute approximate surface area is 208 Å². The molecule has 0 aliphatic heterocycles. The fourth-order valence-electron chi connectivity index (χ4n) is 3.63. The van der Waals surface area contributed by atoms with Crippen molar-refractivity contribution in [1.29, 1.82) is 0 Å². The molecule has 188 valence electrons. The van der Waals surface area contributed by atoms with Gasteiger partial charge in [0.2, 0.25) is 5.78 Å². The predicted molar refractivity (Wildman–Crippen MR) is 126 cm³/mol. The minimum atomic E-state index is -4.87. The van der Waals surface area contributed by atoms with Crippen LogP contribution in [0.1, 0.15) is 32.7 Å². The van der Waals surface area contributed by atoms with Gasteiger partial charge in [0, 0.05) is 36.7 Å². The van der Waals surface area contributed by atoms with Crippen LogP contribution in [0.4, 0.5) is 18.9 Å². The van der Waals surface area contributed by atoms with Gasteiger partial charge in [-0.2, -0.15) is 13.2 Å². The highest BCUT2D eigenvalue weighted by atomic mass is 35.5. The summed E-state index contributed by atoms with van der Waals surface area (Å²) in [5.74, 6) is -0.603. The van der Waals surface area contributed by atoms with Crippen LogP contribution in [-0.2, 0) is 27.5 Å². The number of sulfonamides is 1. The molecule has 0 saturated carbocycles. The van der Waals surface area contributed by atoms with E-state index in [1.807, 2.05) is 0 Å². The summed E-state index contributed by atoms with van der Waals surface area (Å²) >= 11 is 5.62. The molecule has 0 saturated heterocycles. The average molecular weight is 539 g/mol. The number of hydrogen-bond donors (Lipinski definition) is 2. The van der Waals surface area contributed by atoms with Crippen LogP contribution >= 0.6 is 11.6 Å². The summed E-state index contributed by atoms with van der Waals surface area (Å²) in [4.78, 5) is 24.2. The number of nitrogens with zero attached hydrogens (tertiary/aromatic N) is 2. The van der Waals surface area contributed by atoms with E-state index in [-0.39, 0.29) is 23.6 Å². The summed E-state index contributed by atoms with van der Waals surface area (Å²) in [6.45, 7) is 1.72. The van der Waals surface area contributed by atoms with Gasteiger partial charge < -0.3 is 9.72 Å². The second-order valence-corrected chi connectivity index (χ2v) is 9.89. The number of carbonyl (C=O) groups is 1. The first-order valence-corrected chi connectivity index (χ1v) is 12.1. The first-order valence-electron chi connectivity index (χ1n) is 10.3. The zero-order chi connectivity index (χ0) is 26.3. The fourth-order valence-corrected chi connectivity index (χ4v) is 4.94. The number of hydrogen-bond acceptors (Lipinski definition) is 6. The van der Waals surface area contributed by atoms with E-state index in [2.05, 4.69) is 19.7 Å². The number of methoxy groups -OCH3 is 1. The highest BCUT2D eigenvalue weighted by Crippen LogP contribution is 2.36. The molecule has 0 atom stereocenters. The largest absolute Gasteiger partial charge is 0.417 e. The van der Waals surface area contributed by atoms with Gasteiger partial charge in [-0.1, -0.05) is 11.6 Å². The summed E-state index contributed by atoms with van der Waals surface area (Å²) < 4.78 is 73.4.